The predicted molar refractivity (Wildman–Crippen MR) is 115 cm³/mol. The van der Waals surface area contributed by atoms with Crippen molar-refractivity contribution in [2.75, 3.05) is 12.4 Å². The molecule has 0 aliphatic heterocycles. The zero-order valence-corrected chi connectivity index (χ0v) is 18.1. The average Bonchev–Trinajstić information content (AvgIpc) is 2.61. The third-order valence-corrected chi connectivity index (χ3v) is 10.6. The van der Waals surface area contributed by atoms with Gasteiger partial charge in [-0.1, -0.05) is 87.5 Å². The van der Waals surface area contributed by atoms with Gasteiger partial charge in [-0.15, -0.1) is 6.58 Å². The lowest BCUT2D eigenvalue weighted by Crippen LogP contribution is -2.67. The number of nitrogens with two attached hydrogens (primary N) is 1. The summed E-state index contributed by atoms with van der Waals surface area (Å²) in [5.41, 5.74) is 0. The average molecular weight is 404 g/mol. The molecule has 0 aliphatic rings. The molecular formula is C21H29NO3SSi. The first kappa shape index (κ1) is 21.6. The van der Waals surface area contributed by atoms with E-state index in [1.807, 2.05) is 36.4 Å². The van der Waals surface area contributed by atoms with Gasteiger partial charge in [-0.3, -0.25) is 0 Å². The molecule has 2 aromatic rings. The van der Waals surface area contributed by atoms with Crippen molar-refractivity contribution >= 4 is 28.7 Å². The molecule has 0 aromatic heterocycles. The molecule has 0 fully saturated rings. The molecule has 0 unspecified atom stereocenters. The Balaban J connectivity index is 2.54. The number of primary sulfonamides is 1. The molecule has 0 saturated carbocycles. The van der Waals surface area contributed by atoms with Gasteiger partial charge in [0.05, 0.1) is 5.75 Å². The summed E-state index contributed by atoms with van der Waals surface area (Å²) in [6.45, 7) is 10.6. The van der Waals surface area contributed by atoms with E-state index in [9.17, 15) is 8.42 Å². The minimum Gasteiger partial charge on any atom is -0.407 e. The maximum Gasteiger partial charge on any atom is 0.261 e. The molecule has 146 valence electrons. The molecule has 0 bridgehead atoms. The maximum absolute atomic E-state index is 11.5. The Morgan fingerprint density at radius 3 is 1.81 bits per heavy atom. The largest absolute Gasteiger partial charge is 0.407 e. The molecule has 2 N–H and O–H groups in total. The second-order valence-corrected chi connectivity index (χ2v) is 13.8. The van der Waals surface area contributed by atoms with Gasteiger partial charge >= 0.3 is 0 Å². The molecule has 0 amide bonds. The molecule has 0 heterocycles. The van der Waals surface area contributed by atoms with Gasteiger partial charge in [0.15, 0.2) is 0 Å². The van der Waals surface area contributed by atoms with Crippen LogP contribution in [-0.2, 0) is 14.4 Å². The van der Waals surface area contributed by atoms with Crippen LogP contribution >= 0.6 is 0 Å². The minimum atomic E-state index is -3.60. The van der Waals surface area contributed by atoms with Crippen molar-refractivity contribution in [2.45, 2.75) is 25.8 Å². The van der Waals surface area contributed by atoms with Gasteiger partial charge in [0.2, 0.25) is 10.0 Å². The quantitative estimate of drug-likeness (QED) is 0.544. The van der Waals surface area contributed by atoms with Crippen molar-refractivity contribution in [3.8, 4) is 0 Å². The SMILES string of the molecule is C=C[C@H](CO[Si](c1ccccc1)(c1ccccc1)C(C)(C)C)CS(N)(=O)=O. The zero-order chi connectivity index (χ0) is 20.1. The summed E-state index contributed by atoms with van der Waals surface area (Å²) < 4.78 is 29.8. The summed E-state index contributed by atoms with van der Waals surface area (Å²) >= 11 is 0. The Kier molecular flexibility index (Phi) is 6.81. The van der Waals surface area contributed by atoms with Crippen LogP contribution in [0, 0.1) is 5.92 Å². The molecule has 0 aliphatic carbocycles. The first-order valence-corrected chi connectivity index (χ1v) is 12.6. The molecular weight excluding hydrogens is 374 g/mol. The van der Waals surface area contributed by atoms with Gasteiger partial charge in [0.25, 0.3) is 8.32 Å². The fourth-order valence-electron chi connectivity index (χ4n) is 3.48. The van der Waals surface area contributed by atoms with Gasteiger partial charge in [-0.05, 0) is 15.4 Å². The van der Waals surface area contributed by atoms with E-state index >= 15 is 0 Å². The highest BCUT2D eigenvalue weighted by atomic mass is 32.2. The van der Waals surface area contributed by atoms with Crippen LogP contribution in [0.2, 0.25) is 5.04 Å². The maximum atomic E-state index is 11.5. The van der Waals surface area contributed by atoms with E-state index in [0.29, 0.717) is 0 Å². The summed E-state index contributed by atoms with van der Waals surface area (Å²) in [5, 5.41) is 7.39. The van der Waals surface area contributed by atoms with E-state index < -0.39 is 18.3 Å². The first-order chi connectivity index (χ1) is 12.6. The van der Waals surface area contributed by atoms with Crippen LogP contribution in [0.3, 0.4) is 0 Å². The topological polar surface area (TPSA) is 69.4 Å². The van der Waals surface area contributed by atoms with Crippen LogP contribution in [0.5, 0.6) is 0 Å². The van der Waals surface area contributed by atoms with Crippen molar-refractivity contribution in [1.82, 2.24) is 0 Å². The van der Waals surface area contributed by atoms with Crippen LogP contribution in [0.4, 0.5) is 0 Å². The third-order valence-electron chi connectivity index (χ3n) is 4.71. The van der Waals surface area contributed by atoms with E-state index in [1.54, 1.807) is 6.08 Å². The van der Waals surface area contributed by atoms with Crippen LogP contribution < -0.4 is 15.5 Å². The lowest BCUT2D eigenvalue weighted by atomic mass is 10.2. The van der Waals surface area contributed by atoms with E-state index in [0.717, 1.165) is 10.4 Å². The second-order valence-electron chi connectivity index (χ2n) is 7.80. The Morgan fingerprint density at radius 2 is 1.48 bits per heavy atom. The third kappa shape index (κ3) is 5.16. The van der Waals surface area contributed by atoms with Crippen molar-refractivity contribution in [3.63, 3.8) is 0 Å². The molecule has 0 radical (unpaired) electrons. The van der Waals surface area contributed by atoms with Crippen molar-refractivity contribution in [2.24, 2.45) is 11.1 Å². The molecule has 2 aromatic carbocycles. The lowest BCUT2D eigenvalue weighted by Gasteiger charge is -2.43. The van der Waals surface area contributed by atoms with E-state index in [-0.39, 0.29) is 23.3 Å². The Bertz CT molecular complexity index is 807. The standard InChI is InChI=1S/C21H29NO3SSi/c1-5-18(17-26(22,23)24)16-25-27(21(2,3)4,19-12-8-6-9-13-19)20-14-10-7-11-15-20/h5-15,18H,1,16-17H2,2-4H3,(H2,22,23,24)/t18-/m1/s1. The fourth-order valence-corrected chi connectivity index (χ4v) is 8.92. The smallest absolute Gasteiger partial charge is 0.261 e. The molecule has 2 rings (SSSR count). The van der Waals surface area contributed by atoms with Crippen LogP contribution in [0.25, 0.3) is 0 Å². The second kappa shape index (κ2) is 8.52. The molecule has 1 atom stereocenters. The van der Waals surface area contributed by atoms with E-state index in [1.165, 1.54) is 0 Å². The summed E-state index contributed by atoms with van der Waals surface area (Å²) in [4.78, 5) is 0. The highest BCUT2D eigenvalue weighted by Crippen LogP contribution is 2.37. The number of rotatable bonds is 8. The van der Waals surface area contributed by atoms with Crippen molar-refractivity contribution < 1.29 is 12.8 Å². The zero-order valence-electron chi connectivity index (χ0n) is 16.3. The van der Waals surface area contributed by atoms with Gasteiger partial charge in [0.1, 0.15) is 0 Å². The Labute approximate surface area is 164 Å². The van der Waals surface area contributed by atoms with Crippen molar-refractivity contribution in [3.05, 3.63) is 73.3 Å². The highest BCUT2D eigenvalue weighted by Gasteiger charge is 2.50. The minimum absolute atomic E-state index is 0.164. The summed E-state index contributed by atoms with van der Waals surface area (Å²) in [5.74, 6) is -0.532. The molecule has 4 nitrogen and oxygen atoms in total. The van der Waals surface area contributed by atoms with Crippen LogP contribution in [0.15, 0.2) is 73.3 Å². The summed E-state index contributed by atoms with van der Waals surface area (Å²) in [6.07, 6.45) is 1.61. The highest BCUT2D eigenvalue weighted by molar-refractivity contribution is 7.89. The Morgan fingerprint density at radius 1 is 1.04 bits per heavy atom. The van der Waals surface area contributed by atoms with Crippen molar-refractivity contribution in [1.29, 1.82) is 0 Å². The van der Waals surface area contributed by atoms with E-state index in [2.05, 4.69) is 51.6 Å². The normalized spacial score (nSPS) is 13.9. The molecule has 0 saturated heterocycles. The van der Waals surface area contributed by atoms with E-state index in [4.69, 9.17) is 9.56 Å². The summed E-state index contributed by atoms with van der Waals surface area (Å²) in [6, 6.07) is 20.5. The molecule has 6 heteroatoms. The fraction of sp³-hybridized carbons (Fsp3) is 0.333. The first-order valence-electron chi connectivity index (χ1n) is 8.98. The lowest BCUT2D eigenvalue weighted by molar-refractivity contribution is 0.268. The molecule has 0 spiro atoms. The predicted octanol–water partition coefficient (Wildman–Crippen LogP) is 2.65. The van der Waals surface area contributed by atoms with Crippen LogP contribution in [0.1, 0.15) is 20.8 Å². The number of sulfonamides is 1. The Hall–Kier alpha value is -1.73. The monoisotopic (exact) mass is 403 g/mol. The molecule has 27 heavy (non-hydrogen) atoms. The number of benzene rings is 2. The van der Waals surface area contributed by atoms with Gasteiger partial charge in [0, 0.05) is 12.5 Å². The van der Waals surface area contributed by atoms with Gasteiger partial charge in [-0.2, -0.15) is 0 Å². The van der Waals surface area contributed by atoms with Crippen LogP contribution in [-0.4, -0.2) is 29.1 Å². The van der Waals surface area contributed by atoms with Gasteiger partial charge < -0.3 is 4.43 Å². The number of hydrogen-bond donors (Lipinski definition) is 1. The summed E-state index contributed by atoms with van der Waals surface area (Å²) in [7, 11) is -6.29. The van der Waals surface area contributed by atoms with Gasteiger partial charge in [-0.25, -0.2) is 13.6 Å². The number of hydrogen-bond acceptors (Lipinski definition) is 3.